The molecule has 0 radical (unpaired) electrons. The predicted octanol–water partition coefficient (Wildman–Crippen LogP) is 3.18. The Morgan fingerprint density at radius 3 is 2.53 bits per heavy atom. The molecule has 0 spiro atoms. The lowest BCUT2D eigenvalue weighted by molar-refractivity contribution is 0.0532. The van der Waals surface area contributed by atoms with Crippen molar-refractivity contribution in [1.29, 1.82) is 0 Å². The van der Waals surface area contributed by atoms with Crippen LogP contribution in [0.1, 0.15) is 31.4 Å². The van der Waals surface area contributed by atoms with Crippen LogP contribution >= 0.6 is 0 Å². The summed E-state index contributed by atoms with van der Waals surface area (Å²) in [4.78, 5) is 0. The van der Waals surface area contributed by atoms with E-state index < -0.39 is 17.5 Å². The van der Waals surface area contributed by atoms with E-state index in [-0.39, 0.29) is 17.5 Å². The molecule has 0 aliphatic carbocycles. The van der Waals surface area contributed by atoms with Gasteiger partial charge in [-0.15, -0.1) is 0 Å². The predicted molar refractivity (Wildman–Crippen MR) is 66.3 cm³/mol. The van der Waals surface area contributed by atoms with Crippen LogP contribution in [0.3, 0.4) is 0 Å². The summed E-state index contributed by atoms with van der Waals surface area (Å²) in [7, 11) is 0. The number of nitrogens with one attached hydrogen (secondary N) is 1. The van der Waals surface area contributed by atoms with Crippen LogP contribution in [0.25, 0.3) is 0 Å². The molecule has 5 heteroatoms. The summed E-state index contributed by atoms with van der Waals surface area (Å²) in [6.07, 6.45) is 1.58. The van der Waals surface area contributed by atoms with Crippen LogP contribution in [0.5, 0.6) is 0 Å². The van der Waals surface area contributed by atoms with Gasteiger partial charge in [0.2, 0.25) is 0 Å². The van der Waals surface area contributed by atoms with Crippen LogP contribution in [0.15, 0.2) is 12.1 Å². The molecule has 1 aliphatic heterocycles. The van der Waals surface area contributed by atoms with Crippen molar-refractivity contribution in [2.75, 3.05) is 19.8 Å². The van der Waals surface area contributed by atoms with Gasteiger partial charge in [0.1, 0.15) is 0 Å². The zero-order valence-corrected chi connectivity index (χ0v) is 10.9. The molecule has 19 heavy (non-hydrogen) atoms. The maximum absolute atomic E-state index is 13.9. The number of benzene rings is 1. The Labute approximate surface area is 111 Å². The summed E-state index contributed by atoms with van der Waals surface area (Å²) < 4.78 is 45.5. The van der Waals surface area contributed by atoms with Crippen molar-refractivity contribution in [2.24, 2.45) is 5.92 Å². The highest BCUT2D eigenvalue weighted by Crippen LogP contribution is 2.32. The average molecular weight is 273 g/mol. The number of hydrogen-bond donors (Lipinski definition) is 1. The molecule has 1 aliphatic rings. The largest absolute Gasteiger partial charge is 0.381 e. The average Bonchev–Trinajstić information content (AvgIpc) is 2.44. The van der Waals surface area contributed by atoms with Crippen LogP contribution in [0.2, 0.25) is 0 Å². The quantitative estimate of drug-likeness (QED) is 0.851. The fraction of sp³-hybridized carbons (Fsp3) is 0.571. The molecule has 2 nitrogen and oxygen atoms in total. The second-order valence-corrected chi connectivity index (χ2v) is 4.75. The van der Waals surface area contributed by atoms with E-state index in [4.69, 9.17) is 4.74 Å². The monoisotopic (exact) mass is 273 g/mol. The molecule has 1 heterocycles. The van der Waals surface area contributed by atoms with Gasteiger partial charge in [0.15, 0.2) is 17.5 Å². The first kappa shape index (κ1) is 14.3. The van der Waals surface area contributed by atoms with Crippen molar-refractivity contribution in [3.63, 3.8) is 0 Å². The van der Waals surface area contributed by atoms with E-state index in [2.05, 4.69) is 5.32 Å². The zero-order valence-electron chi connectivity index (χ0n) is 10.9. The van der Waals surface area contributed by atoms with E-state index in [9.17, 15) is 13.2 Å². The van der Waals surface area contributed by atoms with Gasteiger partial charge < -0.3 is 10.1 Å². The van der Waals surface area contributed by atoms with Gasteiger partial charge in [0.05, 0.1) is 0 Å². The van der Waals surface area contributed by atoms with Crippen LogP contribution < -0.4 is 5.32 Å². The Bertz CT molecular complexity index is 433. The third-order valence-corrected chi connectivity index (χ3v) is 3.56. The minimum absolute atomic E-state index is 0.174. The van der Waals surface area contributed by atoms with Crippen molar-refractivity contribution >= 4 is 0 Å². The molecule has 2 rings (SSSR count). The first-order chi connectivity index (χ1) is 9.15. The molecule has 1 fully saturated rings. The van der Waals surface area contributed by atoms with Gasteiger partial charge >= 0.3 is 0 Å². The van der Waals surface area contributed by atoms with Gasteiger partial charge in [-0.05, 0) is 31.4 Å². The third kappa shape index (κ3) is 3.09. The highest BCUT2D eigenvalue weighted by molar-refractivity contribution is 5.24. The van der Waals surface area contributed by atoms with Gasteiger partial charge in [0, 0.05) is 24.8 Å². The van der Waals surface area contributed by atoms with Gasteiger partial charge in [-0.1, -0.05) is 13.0 Å². The Balaban J connectivity index is 2.30. The fourth-order valence-electron chi connectivity index (χ4n) is 2.58. The molecular formula is C14H18F3NO. The lowest BCUT2D eigenvalue weighted by Gasteiger charge is -2.31. The first-order valence-electron chi connectivity index (χ1n) is 6.59. The van der Waals surface area contributed by atoms with Crippen LogP contribution in [-0.2, 0) is 4.74 Å². The Morgan fingerprint density at radius 1 is 1.21 bits per heavy atom. The molecule has 106 valence electrons. The van der Waals surface area contributed by atoms with Gasteiger partial charge in [0.25, 0.3) is 0 Å². The fourth-order valence-corrected chi connectivity index (χ4v) is 2.58. The summed E-state index contributed by atoms with van der Waals surface area (Å²) in [5, 5.41) is 3.17. The Hall–Kier alpha value is -1.07. The maximum atomic E-state index is 13.9. The molecule has 1 saturated heterocycles. The maximum Gasteiger partial charge on any atom is 0.194 e. The van der Waals surface area contributed by atoms with Crippen LogP contribution in [0.4, 0.5) is 13.2 Å². The summed E-state index contributed by atoms with van der Waals surface area (Å²) in [5.41, 5.74) is 0.202. The molecule has 0 saturated carbocycles. The van der Waals surface area contributed by atoms with Gasteiger partial charge in [-0.3, -0.25) is 0 Å². The van der Waals surface area contributed by atoms with Crippen LogP contribution in [0, 0.1) is 23.4 Å². The van der Waals surface area contributed by atoms with E-state index in [1.165, 1.54) is 6.07 Å². The summed E-state index contributed by atoms with van der Waals surface area (Å²) >= 11 is 0. The lowest BCUT2D eigenvalue weighted by atomic mass is 9.86. The topological polar surface area (TPSA) is 21.3 Å². The normalized spacial score (nSPS) is 18.5. The van der Waals surface area contributed by atoms with E-state index in [0.29, 0.717) is 19.8 Å². The van der Waals surface area contributed by atoms with E-state index in [1.807, 2.05) is 6.92 Å². The van der Waals surface area contributed by atoms with Crippen LogP contribution in [-0.4, -0.2) is 19.8 Å². The highest BCUT2D eigenvalue weighted by Gasteiger charge is 2.28. The molecular weight excluding hydrogens is 255 g/mol. The molecule has 0 aromatic heterocycles. The van der Waals surface area contributed by atoms with Crippen molar-refractivity contribution in [1.82, 2.24) is 5.32 Å². The molecule has 1 N–H and O–H groups in total. The standard InChI is InChI=1S/C14H18F3NO/c1-2-18-14(9-5-7-19-8-6-9)10-3-4-11(15)13(17)12(10)16/h3-4,9,14,18H,2,5-8H2,1H3. The summed E-state index contributed by atoms with van der Waals surface area (Å²) in [6.45, 7) is 3.79. The molecule has 1 unspecified atom stereocenters. The lowest BCUT2D eigenvalue weighted by Crippen LogP contribution is -2.33. The molecule has 0 bridgehead atoms. The van der Waals surface area contributed by atoms with E-state index in [0.717, 1.165) is 18.9 Å². The number of rotatable bonds is 4. The summed E-state index contributed by atoms with van der Waals surface area (Å²) in [6, 6.07) is 2.01. The molecule has 1 aromatic rings. The van der Waals surface area contributed by atoms with Crippen molar-refractivity contribution < 1.29 is 17.9 Å². The minimum atomic E-state index is -1.40. The number of halogens is 3. The van der Waals surface area contributed by atoms with Gasteiger partial charge in [-0.25, -0.2) is 13.2 Å². The second kappa shape index (κ2) is 6.39. The molecule has 1 aromatic carbocycles. The van der Waals surface area contributed by atoms with Crippen molar-refractivity contribution in [2.45, 2.75) is 25.8 Å². The SMILES string of the molecule is CCNC(c1ccc(F)c(F)c1F)C1CCOCC1. The van der Waals surface area contributed by atoms with Crippen molar-refractivity contribution in [3.8, 4) is 0 Å². The third-order valence-electron chi connectivity index (χ3n) is 3.56. The van der Waals surface area contributed by atoms with Crippen molar-refractivity contribution in [3.05, 3.63) is 35.1 Å². The van der Waals surface area contributed by atoms with E-state index >= 15 is 0 Å². The molecule has 0 amide bonds. The zero-order chi connectivity index (χ0) is 13.8. The first-order valence-corrected chi connectivity index (χ1v) is 6.59. The highest BCUT2D eigenvalue weighted by atomic mass is 19.2. The summed E-state index contributed by atoms with van der Waals surface area (Å²) in [5.74, 6) is -3.46. The number of ether oxygens (including phenoxy) is 1. The molecule has 1 atom stereocenters. The second-order valence-electron chi connectivity index (χ2n) is 4.75. The smallest absolute Gasteiger partial charge is 0.194 e. The van der Waals surface area contributed by atoms with Gasteiger partial charge in [-0.2, -0.15) is 0 Å². The number of hydrogen-bond acceptors (Lipinski definition) is 2. The Morgan fingerprint density at radius 2 is 1.89 bits per heavy atom. The van der Waals surface area contributed by atoms with E-state index in [1.54, 1.807) is 0 Å². The Kier molecular flexibility index (Phi) is 4.82. The minimum Gasteiger partial charge on any atom is -0.381 e.